The molecule has 0 aromatic heterocycles. The van der Waals surface area contributed by atoms with E-state index in [-0.39, 0.29) is 48.6 Å². The Morgan fingerprint density at radius 1 is 1.15 bits per heavy atom. The van der Waals surface area contributed by atoms with E-state index in [1.165, 1.54) is 6.07 Å². The standard InChI is InChI=1S/C20H20N2O5/c1-2-27-20(26)13-4-3-5-14(9-13)21-15(23)10-22-18(24)16-11-6-7-12(8-11)17(16)19(22)25/h3-7,9,11-12,16-17H,2,8,10H2,1H3,(H,21,23)/t11-,12-,16+,17+/m0/s1. The Balaban J connectivity index is 1.42. The quantitative estimate of drug-likeness (QED) is 0.484. The molecule has 4 rings (SSSR count). The zero-order valence-corrected chi connectivity index (χ0v) is 14.9. The van der Waals surface area contributed by atoms with Gasteiger partial charge in [-0.15, -0.1) is 0 Å². The summed E-state index contributed by atoms with van der Waals surface area (Å²) in [6.07, 6.45) is 4.89. The Kier molecular flexibility index (Phi) is 4.30. The average molecular weight is 368 g/mol. The second-order valence-electron chi connectivity index (χ2n) is 7.11. The lowest BCUT2D eigenvalue weighted by Gasteiger charge is -2.17. The van der Waals surface area contributed by atoms with Crippen molar-refractivity contribution >= 4 is 29.4 Å². The van der Waals surface area contributed by atoms with Gasteiger partial charge in [-0.25, -0.2) is 4.79 Å². The number of nitrogens with one attached hydrogen (secondary N) is 1. The third-order valence-corrected chi connectivity index (χ3v) is 5.52. The van der Waals surface area contributed by atoms with E-state index < -0.39 is 11.9 Å². The van der Waals surface area contributed by atoms with Crippen LogP contribution in [0.3, 0.4) is 0 Å². The number of allylic oxidation sites excluding steroid dienone is 2. The van der Waals surface area contributed by atoms with Gasteiger partial charge < -0.3 is 10.1 Å². The van der Waals surface area contributed by atoms with Gasteiger partial charge in [0.05, 0.1) is 24.0 Å². The molecule has 7 heteroatoms. The molecule has 2 bridgehead atoms. The number of anilines is 1. The molecule has 1 aromatic carbocycles. The van der Waals surface area contributed by atoms with E-state index >= 15 is 0 Å². The third-order valence-electron chi connectivity index (χ3n) is 5.52. The fraction of sp³-hybridized carbons (Fsp3) is 0.400. The SMILES string of the molecule is CCOC(=O)c1cccc(NC(=O)CN2C(=O)[C@H]3[C@H](C2=O)[C@H]2C=C[C@H]3C2)c1. The molecule has 1 heterocycles. The lowest BCUT2D eigenvalue weighted by Crippen LogP contribution is -2.39. The molecule has 140 valence electrons. The molecular weight excluding hydrogens is 348 g/mol. The highest BCUT2D eigenvalue weighted by Gasteiger charge is 2.59. The number of benzene rings is 1. The van der Waals surface area contributed by atoms with Crippen molar-refractivity contribution in [3.05, 3.63) is 42.0 Å². The van der Waals surface area contributed by atoms with Crippen LogP contribution in [0, 0.1) is 23.7 Å². The van der Waals surface area contributed by atoms with Gasteiger partial charge in [0.2, 0.25) is 17.7 Å². The van der Waals surface area contributed by atoms with Crippen molar-refractivity contribution in [2.75, 3.05) is 18.5 Å². The minimum absolute atomic E-state index is 0.116. The Labute approximate surface area is 156 Å². The number of nitrogens with zero attached hydrogens (tertiary/aromatic N) is 1. The zero-order valence-electron chi connectivity index (χ0n) is 14.9. The van der Waals surface area contributed by atoms with Crippen molar-refractivity contribution in [3.8, 4) is 0 Å². The maximum Gasteiger partial charge on any atom is 0.338 e. The number of amides is 3. The van der Waals surface area contributed by atoms with Gasteiger partial charge in [-0.1, -0.05) is 18.2 Å². The van der Waals surface area contributed by atoms with Gasteiger partial charge in [-0.3, -0.25) is 19.3 Å². The van der Waals surface area contributed by atoms with E-state index in [1.807, 2.05) is 12.2 Å². The van der Waals surface area contributed by atoms with Gasteiger partial charge >= 0.3 is 5.97 Å². The minimum Gasteiger partial charge on any atom is -0.462 e. The van der Waals surface area contributed by atoms with Crippen molar-refractivity contribution in [3.63, 3.8) is 0 Å². The summed E-state index contributed by atoms with van der Waals surface area (Å²) in [5.41, 5.74) is 0.728. The number of carbonyl (C=O) groups is 4. The predicted octanol–water partition coefficient (Wildman–Crippen LogP) is 1.61. The summed E-state index contributed by atoms with van der Waals surface area (Å²) in [5, 5.41) is 2.64. The first-order valence-electron chi connectivity index (χ1n) is 9.10. The van der Waals surface area contributed by atoms with Crippen LogP contribution in [0.25, 0.3) is 0 Å². The molecule has 0 unspecified atom stereocenters. The fourth-order valence-corrected chi connectivity index (χ4v) is 4.40. The molecule has 1 saturated carbocycles. The molecule has 0 radical (unpaired) electrons. The molecule has 27 heavy (non-hydrogen) atoms. The average Bonchev–Trinajstić information content (AvgIpc) is 3.32. The highest BCUT2D eigenvalue weighted by Crippen LogP contribution is 2.52. The van der Waals surface area contributed by atoms with Crippen LogP contribution >= 0.6 is 0 Å². The molecule has 1 aromatic rings. The lowest BCUT2D eigenvalue weighted by molar-refractivity contribution is -0.143. The van der Waals surface area contributed by atoms with Crippen molar-refractivity contribution in [1.29, 1.82) is 0 Å². The number of hydrogen-bond acceptors (Lipinski definition) is 5. The highest BCUT2D eigenvalue weighted by molar-refractivity contribution is 6.09. The first kappa shape index (κ1) is 17.5. The number of rotatable bonds is 5. The summed E-state index contributed by atoms with van der Waals surface area (Å²) >= 11 is 0. The van der Waals surface area contributed by atoms with Gasteiger partial charge in [0.1, 0.15) is 6.54 Å². The Morgan fingerprint density at radius 3 is 2.44 bits per heavy atom. The van der Waals surface area contributed by atoms with E-state index in [1.54, 1.807) is 25.1 Å². The minimum atomic E-state index is -0.478. The Hall–Kier alpha value is -2.96. The second-order valence-corrected chi connectivity index (χ2v) is 7.11. The van der Waals surface area contributed by atoms with Crippen LogP contribution in [0.2, 0.25) is 0 Å². The molecule has 2 aliphatic carbocycles. The molecule has 2 fully saturated rings. The molecule has 1 aliphatic heterocycles. The van der Waals surface area contributed by atoms with Gasteiger partial charge in [-0.2, -0.15) is 0 Å². The van der Waals surface area contributed by atoms with Crippen molar-refractivity contribution in [1.82, 2.24) is 4.90 Å². The van der Waals surface area contributed by atoms with Gasteiger partial charge in [-0.05, 0) is 43.4 Å². The molecule has 1 saturated heterocycles. The normalized spacial score (nSPS) is 27.8. The number of imide groups is 1. The van der Waals surface area contributed by atoms with Crippen LogP contribution < -0.4 is 5.32 Å². The first-order chi connectivity index (χ1) is 13.0. The largest absolute Gasteiger partial charge is 0.462 e. The third kappa shape index (κ3) is 2.93. The highest BCUT2D eigenvalue weighted by atomic mass is 16.5. The van der Waals surface area contributed by atoms with Crippen molar-refractivity contribution in [2.45, 2.75) is 13.3 Å². The number of fused-ring (bicyclic) bond motifs is 5. The Bertz CT molecular complexity index is 832. The van der Waals surface area contributed by atoms with E-state index in [2.05, 4.69) is 5.32 Å². The smallest absolute Gasteiger partial charge is 0.338 e. The molecule has 1 N–H and O–H groups in total. The summed E-state index contributed by atoms with van der Waals surface area (Å²) in [6, 6.07) is 6.35. The first-order valence-corrected chi connectivity index (χ1v) is 9.10. The molecular formula is C20H20N2O5. The van der Waals surface area contributed by atoms with Gasteiger partial charge in [0.15, 0.2) is 0 Å². The van der Waals surface area contributed by atoms with Crippen molar-refractivity contribution < 1.29 is 23.9 Å². The maximum atomic E-state index is 12.6. The molecule has 4 atom stereocenters. The summed E-state index contributed by atoms with van der Waals surface area (Å²) in [4.78, 5) is 50.5. The number of likely N-dealkylation sites (tertiary alicyclic amines) is 1. The zero-order chi connectivity index (χ0) is 19.1. The topological polar surface area (TPSA) is 92.8 Å². The van der Waals surface area contributed by atoms with E-state index in [0.717, 1.165) is 11.3 Å². The predicted molar refractivity (Wildman–Crippen MR) is 95.5 cm³/mol. The molecule has 7 nitrogen and oxygen atoms in total. The molecule has 0 spiro atoms. The van der Waals surface area contributed by atoms with E-state index in [9.17, 15) is 19.2 Å². The number of hydrogen-bond donors (Lipinski definition) is 1. The monoisotopic (exact) mass is 368 g/mol. The number of esters is 1. The van der Waals surface area contributed by atoms with Crippen LogP contribution in [0.15, 0.2) is 36.4 Å². The van der Waals surface area contributed by atoms with E-state index in [0.29, 0.717) is 11.3 Å². The van der Waals surface area contributed by atoms with Gasteiger partial charge in [0, 0.05) is 5.69 Å². The Morgan fingerprint density at radius 2 is 1.81 bits per heavy atom. The summed E-state index contributed by atoms with van der Waals surface area (Å²) in [6.45, 7) is 1.66. The van der Waals surface area contributed by atoms with Crippen LogP contribution in [0.5, 0.6) is 0 Å². The number of carbonyl (C=O) groups excluding carboxylic acids is 4. The summed E-state index contributed by atoms with van der Waals surface area (Å²) in [7, 11) is 0. The fourth-order valence-electron chi connectivity index (χ4n) is 4.40. The van der Waals surface area contributed by atoms with Crippen LogP contribution in [0.1, 0.15) is 23.7 Å². The van der Waals surface area contributed by atoms with E-state index in [4.69, 9.17) is 4.74 Å². The van der Waals surface area contributed by atoms with Crippen LogP contribution in [-0.2, 0) is 19.1 Å². The number of ether oxygens (including phenoxy) is 1. The summed E-state index contributed by atoms with van der Waals surface area (Å²) in [5.74, 6) is -1.85. The van der Waals surface area contributed by atoms with Gasteiger partial charge in [0.25, 0.3) is 0 Å². The summed E-state index contributed by atoms with van der Waals surface area (Å²) < 4.78 is 4.94. The molecule has 3 amide bonds. The second kappa shape index (κ2) is 6.64. The molecule has 3 aliphatic rings. The van der Waals surface area contributed by atoms with Crippen LogP contribution in [-0.4, -0.2) is 41.7 Å². The van der Waals surface area contributed by atoms with Crippen LogP contribution in [0.4, 0.5) is 5.69 Å². The van der Waals surface area contributed by atoms with Crippen molar-refractivity contribution in [2.24, 2.45) is 23.7 Å². The maximum absolute atomic E-state index is 12.6. The lowest BCUT2D eigenvalue weighted by atomic mass is 9.85.